The topological polar surface area (TPSA) is 79.7 Å². The van der Waals surface area contributed by atoms with Gasteiger partial charge in [-0.05, 0) is 12.0 Å². The minimum absolute atomic E-state index is 0.0158. The summed E-state index contributed by atoms with van der Waals surface area (Å²) in [5.74, 6) is -0.0158. The van der Waals surface area contributed by atoms with Gasteiger partial charge in [-0.25, -0.2) is 4.98 Å². The van der Waals surface area contributed by atoms with E-state index in [-0.39, 0.29) is 12.0 Å². The average Bonchev–Trinajstić information content (AvgIpc) is 3.29. The summed E-state index contributed by atoms with van der Waals surface area (Å²) < 4.78 is 3.91. The van der Waals surface area contributed by atoms with Gasteiger partial charge in [0.2, 0.25) is 0 Å². The predicted octanol–water partition coefficient (Wildman–Crippen LogP) is 2.27. The normalized spacial score (nSPS) is 24.1. The van der Waals surface area contributed by atoms with Crippen LogP contribution in [0.25, 0.3) is 11.3 Å². The van der Waals surface area contributed by atoms with E-state index in [1.807, 2.05) is 24.7 Å². The molecule has 3 atom stereocenters. The first-order valence-corrected chi connectivity index (χ1v) is 8.04. The molecule has 0 spiro atoms. The third-order valence-electron chi connectivity index (χ3n) is 5.29. The van der Waals surface area contributed by atoms with Crippen molar-refractivity contribution < 1.29 is 5.11 Å². The van der Waals surface area contributed by atoms with Crippen LogP contribution in [0.3, 0.4) is 0 Å². The van der Waals surface area contributed by atoms with Gasteiger partial charge in [-0.2, -0.15) is 10.4 Å². The summed E-state index contributed by atoms with van der Waals surface area (Å²) in [6.07, 6.45) is 5.34. The molecule has 0 saturated carbocycles. The molecule has 1 N–H and O–H groups in total. The molecule has 0 fully saturated rings. The van der Waals surface area contributed by atoms with Gasteiger partial charge in [0, 0.05) is 18.0 Å². The molecule has 0 radical (unpaired) electrons. The SMILES string of the molecule is N#Cc1cnn2c1[C@@H](O)[C@@H](C1c3ccccc3-c3cncn31)CC2. The first-order valence-electron chi connectivity index (χ1n) is 8.04. The van der Waals surface area contributed by atoms with Crippen LogP contribution >= 0.6 is 0 Å². The van der Waals surface area contributed by atoms with E-state index in [0.717, 1.165) is 12.1 Å². The molecular formula is C18H15N5O. The first-order chi connectivity index (χ1) is 11.8. The third-order valence-corrected chi connectivity index (χ3v) is 5.29. The van der Waals surface area contributed by atoms with Crippen LogP contribution in [0, 0.1) is 17.2 Å². The Kier molecular flexibility index (Phi) is 2.70. The summed E-state index contributed by atoms with van der Waals surface area (Å²) in [6, 6.07) is 10.5. The van der Waals surface area contributed by atoms with E-state index in [1.54, 1.807) is 10.9 Å². The number of rotatable bonds is 1. The Hall–Kier alpha value is -2.91. The molecule has 3 aromatic rings. The number of imidazole rings is 1. The molecule has 0 amide bonds. The fourth-order valence-electron chi connectivity index (χ4n) is 4.24. The van der Waals surface area contributed by atoms with Gasteiger partial charge in [-0.15, -0.1) is 0 Å². The highest BCUT2D eigenvalue weighted by Crippen LogP contribution is 2.49. The van der Waals surface area contributed by atoms with Gasteiger partial charge < -0.3 is 9.67 Å². The Morgan fingerprint density at radius 2 is 2.12 bits per heavy atom. The van der Waals surface area contributed by atoms with Crippen molar-refractivity contribution in [3.63, 3.8) is 0 Å². The van der Waals surface area contributed by atoms with Crippen molar-refractivity contribution in [2.45, 2.75) is 25.1 Å². The molecule has 4 heterocycles. The van der Waals surface area contributed by atoms with E-state index >= 15 is 0 Å². The summed E-state index contributed by atoms with van der Waals surface area (Å²) >= 11 is 0. The summed E-state index contributed by atoms with van der Waals surface area (Å²) in [4.78, 5) is 4.29. The van der Waals surface area contributed by atoms with Gasteiger partial charge in [0.15, 0.2) is 0 Å². The van der Waals surface area contributed by atoms with Crippen LogP contribution < -0.4 is 0 Å². The van der Waals surface area contributed by atoms with E-state index in [4.69, 9.17) is 0 Å². The lowest BCUT2D eigenvalue weighted by molar-refractivity contribution is 0.0523. The molecule has 0 bridgehead atoms. The molecule has 6 heteroatoms. The highest BCUT2D eigenvalue weighted by atomic mass is 16.3. The van der Waals surface area contributed by atoms with Crippen molar-refractivity contribution >= 4 is 0 Å². The molecule has 2 aliphatic rings. The van der Waals surface area contributed by atoms with Crippen LogP contribution in [0.15, 0.2) is 43.0 Å². The van der Waals surface area contributed by atoms with Crippen LogP contribution in [0.5, 0.6) is 0 Å². The molecule has 0 aliphatic carbocycles. The predicted molar refractivity (Wildman–Crippen MR) is 85.8 cm³/mol. The lowest BCUT2D eigenvalue weighted by Crippen LogP contribution is -2.31. The molecule has 5 rings (SSSR count). The quantitative estimate of drug-likeness (QED) is 0.746. The molecule has 118 valence electrons. The van der Waals surface area contributed by atoms with Crippen molar-refractivity contribution in [2.24, 2.45) is 5.92 Å². The minimum atomic E-state index is -0.720. The van der Waals surface area contributed by atoms with Gasteiger partial charge in [0.05, 0.1) is 41.7 Å². The van der Waals surface area contributed by atoms with Gasteiger partial charge >= 0.3 is 0 Å². The number of hydrogen-bond donors (Lipinski definition) is 1. The first kappa shape index (κ1) is 13.5. The molecule has 24 heavy (non-hydrogen) atoms. The number of hydrogen-bond acceptors (Lipinski definition) is 4. The van der Waals surface area contributed by atoms with Gasteiger partial charge in [-0.3, -0.25) is 4.68 Å². The zero-order valence-electron chi connectivity index (χ0n) is 12.9. The maximum absolute atomic E-state index is 11.0. The summed E-state index contributed by atoms with van der Waals surface area (Å²) in [5, 5.41) is 24.6. The van der Waals surface area contributed by atoms with Crippen molar-refractivity contribution in [3.8, 4) is 17.3 Å². The van der Waals surface area contributed by atoms with E-state index < -0.39 is 6.10 Å². The zero-order valence-corrected chi connectivity index (χ0v) is 12.9. The van der Waals surface area contributed by atoms with E-state index in [1.165, 1.54) is 11.1 Å². The average molecular weight is 317 g/mol. The summed E-state index contributed by atoms with van der Waals surface area (Å²) in [5.41, 5.74) is 4.57. The number of benzene rings is 1. The van der Waals surface area contributed by atoms with Crippen molar-refractivity contribution in [2.75, 3.05) is 0 Å². The number of aromatic nitrogens is 4. The van der Waals surface area contributed by atoms with Crippen LogP contribution in [-0.2, 0) is 6.54 Å². The van der Waals surface area contributed by atoms with Crippen molar-refractivity contribution in [1.82, 2.24) is 19.3 Å². The van der Waals surface area contributed by atoms with Crippen LogP contribution in [0.2, 0.25) is 0 Å². The minimum Gasteiger partial charge on any atom is -0.386 e. The fourth-order valence-corrected chi connectivity index (χ4v) is 4.24. The third kappa shape index (κ3) is 1.62. The molecule has 2 aromatic heterocycles. The standard InChI is InChI=1S/C18H15N5O/c19-7-11-8-21-23-6-5-14(18(24)16(11)23)17-13-4-2-1-3-12(13)15-9-20-10-22(15)17/h1-4,8-10,14,17-18,24H,5-6H2/t14-,17?,18+/m1/s1. The highest BCUT2D eigenvalue weighted by molar-refractivity contribution is 5.69. The Balaban J connectivity index is 1.64. The second kappa shape index (κ2) is 4.79. The Bertz CT molecular complexity index is 979. The number of aliphatic hydroxyl groups excluding tert-OH is 1. The summed E-state index contributed by atoms with van der Waals surface area (Å²) in [7, 11) is 0. The smallest absolute Gasteiger partial charge is 0.103 e. The number of aliphatic hydroxyl groups is 1. The van der Waals surface area contributed by atoms with Gasteiger partial charge in [0.1, 0.15) is 12.2 Å². The Morgan fingerprint density at radius 1 is 1.25 bits per heavy atom. The lowest BCUT2D eigenvalue weighted by Gasteiger charge is -2.34. The van der Waals surface area contributed by atoms with E-state index in [0.29, 0.717) is 17.8 Å². The lowest BCUT2D eigenvalue weighted by atomic mass is 9.82. The van der Waals surface area contributed by atoms with E-state index in [9.17, 15) is 10.4 Å². The van der Waals surface area contributed by atoms with Crippen molar-refractivity contribution in [1.29, 1.82) is 5.26 Å². The van der Waals surface area contributed by atoms with E-state index in [2.05, 4.69) is 32.9 Å². The monoisotopic (exact) mass is 317 g/mol. The number of nitriles is 1. The molecule has 1 aromatic carbocycles. The van der Waals surface area contributed by atoms with Gasteiger partial charge in [-0.1, -0.05) is 24.3 Å². The van der Waals surface area contributed by atoms with Crippen molar-refractivity contribution in [3.05, 3.63) is 59.8 Å². The molecule has 6 nitrogen and oxygen atoms in total. The molecule has 2 aliphatic heterocycles. The maximum Gasteiger partial charge on any atom is 0.103 e. The van der Waals surface area contributed by atoms with Crippen LogP contribution in [0.1, 0.15) is 35.4 Å². The number of nitrogens with zero attached hydrogens (tertiary/aromatic N) is 5. The molecular weight excluding hydrogens is 302 g/mol. The second-order valence-electron chi connectivity index (χ2n) is 6.39. The van der Waals surface area contributed by atoms with Gasteiger partial charge in [0.25, 0.3) is 0 Å². The number of aryl methyl sites for hydroxylation is 1. The second-order valence-corrected chi connectivity index (χ2v) is 6.39. The van der Waals surface area contributed by atoms with Crippen LogP contribution in [0.4, 0.5) is 0 Å². The molecule has 0 saturated heterocycles. The Labute approximate surface area is 138 Å². The zero-order chi connectivity index (χ0) is 16.3. The molecule has 1 unspecified atom stereocenters. The fraction of sp³-hybridized carbons (Fsp3) is 0.278. The highest BCUT2D eigenvalue weighted by Gasteiger charge is 2.41. The Morgan fingerprint density at radius 3 is 3.00 bits per heavy atom. The summed E-state index contributed by atoms with van der Waals surface area (Å²) in [6.45, 7) is 0.710. The number of fused-ring (bicyclic) bond motifs is 4. The van der Waals surface area contributed by atoms with Crippen LogP contribution in [-0.4, -0.2) is 24.4 Å². The maximum atomic E-state index is 11.0. The largest absolute Gasteiger partial charge is 0.386 e.